The largest absolute Gasteiger partial charge is 0.460 e. The Morgan fingerprint density at radius 2 is 1.93 bits per heavy atom. The van der Waals surface area contributed by atoms with Crippen molar-refractivity contribution >= 4 is 11.8 Å². The molecule has 1 heterocycles. The number of carbonyl (C=O) groups excluding carboxylic acids is 2. The summed E-state index contributed by atoms with van der Waals surface area (Å²) in [4.78, 5) is 23.1. The minimum Gasteiger partial charge on any atom is -0.460 e. The van der Waals surface area contributed by atoms with Gasteiger partial charge in [-0.05, 0) is 13.8 Å². The molecule has 0 amide bonds. The van der Waals surface area contributed by atoms with E-state index in [0.717, 1.165) is 0 Å². The number of Topliss-reactive ketones (excluding diaryl/α,β-unsaturated/α-hetero) is 1. The second-order valence-corrected chi connectivity index (χ2v) is 4.20. The smallest absolute Gasteiger partial charge is 0.316 e. The van der Waals surface area contributed by atoms with E-state index in [1.807, 2.05) is 32.9 Å². The highest BCUT2D eigenvalue weighted by atomic mass is 16.5. The average Bonchev–Trinajstić information content (AvgIpc) is 2.20. The standard InChI is InChI=1S/C12H18O3/c1-5-6-7(2)11-8(3)10(13)9(4)12(14)15-11/h5-9,11H,1-4H3/b6-5+/t7?,8-,9-,11?/m0/s1. The molecule has 4 atom stereocenters. The van der Waals surface area contributed by atoms with Crippen LogP contribution in [0.3, 0.4) is 0 Å². The summed E-state index contributed by atoms with van der Waals surface area (Å²) in [6, 6.07) is 0. The van der Waals surface area contributed by atoms with Crippen molar-refractivity contribution in [1.29, 1.82) is 0 Å². The fourth-order valence-electron chi connectivity index (χ4n) is 1.99. The number of ether oxygens (including phenoxy) is 1. The molecule has 15 heavy (non-hydrogen) atoms. The number of ketones is 1. The van der Waals surface area contributed by atoms with E-state index in [4.69, 9.17) is 4.74 Å². The van der Waals surface area contributed by atoms with Gasteiger partial charge in [0.05, 0.1) is 5.92 Å². The summed E-state index contributed by atoms with van der Waals surface area (Å²) in [5, 5.41) is 0. The Morgan fingerprint density at radius 3 is 2.47 bits per heavy atom. The Labute approximate surface area is 90.5 Å². The van der Waals surface area contributed by atoms with Crippen LogP contribution >= 0.6 is 0 Å². The Kier molecular flexibility index (Phi) is 3.66. The molecule has 3 heteroatoms. The van der Waals surface area contributed by atoms with Gasteiger partial charge in [0.25, 0.3) is 0 Å². The van der Waals surface area contributed by atoms with Crippen molar-refractivity contribution in [1.82, 2.24) is 0 Å². The van der Waals surface area contributed by atoms with E-state index in [1.54, 1.807) is 6.92 Å². The summed E-state index contributed by atoms with van der Waals surface area (Å²) in [7, 11) is 0. The molecular weight excluding hydrogens is 192 g/mol. The van der Waals surface area contributed by atoms with E-state index in [2.05, 4.69) is 0 Å². The Morgan fingerprint density at radius 1 is 1.33 bits per heavy atom. The molecule has 1 aliphatic rings. The first-order chi connectivity index (χ1) is 6.99. The van der Waals surface area contributed by atoms with Crippen LogP contribution in [-0.4, -0.2) is 17.9 Å². The van der Waals surface area contributed by atoms with Crippen LogP contribution in [0.5, 0.6) is 0 Å². The summed E-state index contributed by atoms with van der Waals surface area (Å²) in [6.07, 6.45) is 3.56. The molecule has 84 valence electrons. The van der Waals surface area contributed by atoms with Gasteiger partial charge in [0.1, 0.15) is 12.0 Å². The van der Waals surface area contributed by atoms with Crippen molar-refractivity contribution in [3.05, 3.63) is 12.2 Å². The third-order valence-corrected chi connectivity index (χ3v) is 2.99. The van der Waals surface area contributed by atoms with Crippen molar-refractivity contribution in [2.75, 3.05) is 0 Å². The maximum atomic E-state index is 11.7. The first-order valence-corrected chi connectivity index (χ1v) is 5.36. The predicted molar refractivity (Wildman–Crippen MR) is 57.2 cm³/mol. The molecule has 0 N–H and O–H groups in total. The average molecular weight is 210 g/mol. The normalized spacial score (nSPS) is 34.3. The van der Waals surface area contributed by atoms with Gasteiger partial charge in [-0.25, -0.2) is 0 Å². The van der Waals surface area contributed by atoms with Crippen LogP contribution in [0, 0.1) is 17.8 Å². The molecule has 0 aromatic heterocycles. The van der Waals surface area contributed by atoms with Gasteiger partial charge in [-0.2, -0.15) is 0 Å². The van der Waals surface area contributed by atoms with Crippen molar-refractivity contribution in [2.24, 2.45) is 17.8 Å². The van der Waals surface area contributed by atoms with Crippen LogP contribution < -0.4 is 0 Å². The van der Waals surface area contributed by atoms with Gasteiger partial charge in [-0.1, -0.05) is 26.0 Å². The number of rotatable bonds is 2. The van der Waals surface area contributed by atoms with Gasteiger partial charge in [-0.3, -0.25) is 9.59 Å². The lowest BCUT2D eigenvalue weighted by atomic mass is 9.83. The molecule has 0 bridgehead atoms. The summed E-state index contributed by atoms with van der Waals surface area (Å²) >= 11 is 0. The predicted octanol–water partition coefficient (Wildman–Crippen LogP) is 1.97. The molecule has 1 aliphatic heterocycles. The van der Waals surface area contributed by atoms with Gasteiger partial charge < -0.3 is 4.74 Å². The summed E-state index contributed by atoms with van der Waals surface area (Å²) in [5.41, 5.74) is 0. The first-order valence-electron chi connectivity index (χ1n) is 5.36. The van der Waals surface area contributed by atoms with E-state index in [0.29, 0.717) is 0 Å². The fourth-order valence-corrected chi connectivity index (χ4v) is 1.99. The molecule has 1 rings (SSSR count). The van der Waals surface area contributed by atoms with Crippen LogP contribution in [0.1, 0.15) is 27.7 Å². The van der Waals surface area contributed by atoms with Crippen molar-refractivity contribution < 1.29 is 14.3 Å². The minimum atomic E-state index is -0.603. The Bertz CT molecular complexity index is 293. The summed E-state index contributed by atoms with van der Waals surface area (Å²) < 4.78 is 5.28. The highest BCUT2D eigenvalue weighted by Crippen LogP contribution is 2.27. The van der Waals surface area contributed by atoms with Gasteiger partial charge in [0, 0.05) is 5.92 Å². The second kappa shape index (κ2) is 4.60. The summed E-state index contributed by atoms with van der Waals surface area (Å²) in [6.45, 7) is 7.31. The van der Waals surface area contributed by atoms with Gasteiger partial charge in [-0.15, -0.1) is 0 Å². The molecular formula is C12H18O3. The molecule has 0 radical (unpaired) electrons. The van der Waals surface area contributed by atoms with Crippen molar-refractivity contribution in [2.45, 2.75) is 33.8 Å². The number of allylic oxidation sites excluding steroid dienone is 1. The Hall–Kier alpha value is -1.12. The first kappa shape index (κ1) is 12.0. The molecule has 0 aromatic rings. The SMILES string of the molecule is C/C=C/C(C)C1OC(=O)[C@@H](C)C(=O)[C@@H]1C. The van der Waals surface area contributed by atoms with Crippen LogP contribution in [0.15, 0.2) is 12.2 Å². The topological polar surface area (TPSA) is 43.4 Å². The van der Waals surface area contributed by atoms with E-state index < -0.39 is 5.92 Å². The quantitative estimate of drug-likeness (QED) is 0.397. The minimum absolute atomic E-state index is 0.00685. The van der Waals surface area contributed by atoms with E-state index in [9.17, 15) is 9.59 Å². The van der Waals surface area contributed by atoms with Gasteiger partial charge in [0.15, 0.2) is 5.78 Å². The molecule has 0 saturated carbocycles. The van der Waals surface area contributed by atoms with Crippen LogP contribution in [0.25, 0.3) is 0 Å². The maximum absolute atomic E-state index is 11.7. The number of esters is 1. The third kappa shape index (κ3) is 2.28. The maximum Gasteiger partial charge on any atom is 0.316 e. The molecule has 1 fully saturated rings. The number of hydrogen-bond donors (Lipinski definition) is 0. The lowest BCUT2D eigenvalue weighted by Gasteiger charge is -2.33. The van der Waals surface area contributed by atoms with Crippen molar-refractivity contribution in [3.8, 4) is 0 Å². The number of hydrogen-bond acceptors (Lipinski definition) is 3. The lowest BCUT2D eigenvalue weighted by molar-refractivity contribution is -0.171. The lowest BCUT2D eigenvalue weighted by Crippen LogP contribution is -2.46. The van der Waals surface area contributed by atoms with Crippen molar-refractivity contribution in [3.63, 3.8) is 0 Å². The zero-order valence-electron chi connectivity index (χ0n) is 9.69. The second-order valence-electron chi connectivity index (χ2n) is 4.20. The summed E-state index contributed by atoms with van der Waals surface area (Å²) in [5.74, 6) is -1.12. The monoisotopic (exact) mass is 210 g/mol. The zero-order chi connectivity index (χ0) is 11.6. The highest BCUT2D eigenvalue weighted by Gasteiger charge is 2.41. The molecule has 0 aromatic carbocycles. The van der Waals surface area contributed by atoms with E-state index in [1.165, 1.54) is 0 Å². The fraction of sp³-hybridized carbons (Fsp3) is 0.667. The molecule has 0 aliphatic carbocycles. The molecule has 3 nitrogen and oxygen atoms in total. The Balaban J connectivity index is 2.83. The van der Waals surface area contributed by atoms with Gasteiger partial charge in [0.2, 0.25) is 0 Å². The van der Waals surface area contributed by atoms with Crippen LogP contribution in [0.2, 0.25) is 0 Å². The zero-order valence-corrected chi connectivity index (χ0v) is 9.69. The molecule has 2 unspecified atom stereocenters. The number of carbonyl (C=O) groups is 2. The van der Waals surface area contributed by atoms with Crippen LogP contribution in [0.4, 0.5) is 0 Å². The van der Waals surface area contributed by atoms with E-state index in [-0.39, 0.29) is 29.7 Å². The van der Waals surface area contributed by atoms with Gasteiger partial charge >= 0.3 is 5.97 Å². The number of cyclic esters (lactones) is 1. The van der Waals surface area contributed by atoms with E-state index >= 15 is 0 Å². The van der Waals surface area contributed by atoms with Crippen LogP contribution in [-0.2, 0) is 14.3 Å². The molecule has 0 spiro atoms. The molecule has 1 saturated heterocycles. The highest BCUT2D eigenvalue weighted by molar-refractivity contribution is 6.01. The third-order valence-electron chi connectivity index (χ3n) is 2.99.